The van der Waals surface area contributed by atoms with Crippen molar-refractivity contribution in [2.45, 2.75) is 13.8 Å². The fourth-order valence-corrected chi connectivity index (χ4v) is 2.65. The van der Waals surface area contributed by atoms with Crippen molar-refractivity contribution in [3.05, 3.63) is 75.5 Å². The standard InChI is InChI=1S/C18H14Cl2N4O/c1-11-17(22-21-16-8-6-14(19)7-9-16)12(2)24(23-11)18(25)13-4-3-5-15(20)10-13/h3-10H,1-2H3. The number of carbonyl (C=O) groups is 1. The van der Waals surface area contributed by atoms with E-state index in [0.717, 1.165) is 0 Å². The molecule has 0 aliphatic rings. The van der Waals surface area contributed by atoms with E-state index in [4.69, 9.17) is 23.2 Å². The predicted molar refractivity (Wildman–Crippen MR) is 98.5 cm³/mol. The molecule has 5 nitrogen and oxygen atoms in total. The second kappa shape index (κ2) is 7.17. The van der Waals surface area contributed by atoms with Crippen LogP contribution in [-0.4, -0.2) is 15.7 Å². The van der Waals surface area contributed by atoms with E-state index < -0.39 is 0 Å². The van der Waals surface area contributed by atoms with E-state index >= 15 is 0 Å². The van der Waals surface area contributed by atoms with E-state index in [1.54, 1.807) is 62.4 Å². The van der Waals surface area contributed by atoms with Gasteiger partial charge in [-0.2, -0.15) is 14.9 Å². The van der Waals surface area contributed by atoms with Crippen molar-refractivity contribution in [1.29, 1.82) is 0 Å². The summed E-state index contributed by atoms with van der Waals surface area (Å²) in [6, 6.07) is 13.7. The lowest BCUT2D eigenvalue weighted by atomic mass is 10.2. The molecule has 0 spiro atoms. The second-order valence-corrected chi connectivity index (χ2v) is 6.30. The summed E-state index contributed by atoms with van der Waals surface area (Å²) < 4.78 is 1.32. The molecule has 0 aliphatic heterocycles. The summed E-state index contributed by atoms with van der Waals surface area (Å²) in [6.45, 7) is 3.56. The van der Waals surface area contributed by atoms with Crippen molar-refractivity contribution in [1.82, 2.24) is 9.78 Å². The van der Waals surface area contributed by atoms with Gasteiger partial charge >= 0.3 is 0 Å². The topological polar surface area (TPSA) is 59.6 Å². The van der Waals surface area contributed by atoms with Crippen molar-refractivity contribution in [3.63, 3.8) is 0 Å². The summed E-state index contributed by atoms with van der Waals surface area (Å²) >= 11 is 11.8. The summed E-state index contributed by atoms with van der Waals surface area (Å²) in [5.74, 6) is -0.268. The molecular formula is C18H14Cl2N4O. The van der Waals surface area contributed by atoms with E-state index in [0.29, 0.717) is 38.4 Å². The maximum Gasteiger partial charge on any atom is 0.278 e. The molecule has 25 heavy (non-hydrogen) atoms. The molecule has 0 saturated heterocycles. The minimum Gasteiger partial charge on any atom is -0.267 e. The van der Waals surface area contributed by atoms with Gasteiger partial charge in [-0.05, 0) is 56.3 Å². The van der Waals surface area contributed by atoms with Gasteiger partial charge in [-0.25, -0.2) is 0 Å². The monoisotopic (exact) mass is 372 g/mol. The fraction of sp³-hybridized carbons (Fsp3) is 0.111. The molecule has 0 saturated carbocycles. The van der Waals surface area contributed by atoms with Gasteiger partial charge < -0.3 is 0 Å². The molecule has 0 amide bonds. The Morgan fingerprint density at radius 2 is 1.72 bits per heavy atom. The smallest absolute Gasteiger partial charge is 0.267 e. The van der Waals surface area contributed by atoms with E-state index in [1.807, 2.05) is 0 Å². The lowest BCUT2D eigenvalue weighted by Crippen LogP contribution is -2.15. The summed E-state index contributed by atoms with van der Waals surface area (Å²) in [6.07, 6.45) is 0. The third kappa shape index (κ3) is 3.78. The second-order valence-electron chi connectivity index (χ2n) is 5.42. The summed E-state index contributed by atoms with van der Waals surface area (Å²) in [4.78, 5) is 12.7. The van der Waals surface area contributed by atoms with Crippen LogP contribution in [0.2, 0.25) is 10.0 Å². The van der Waals surface area contributed by atoms with Gasteiger partial charge in [0.1, 0.15) is 5.69 Å². The lowest BCUT2D eigenvalue weighted by molar-refractivity contribution is 0.0942. The maximum absolute atomic E-state index is 12.7. The Morgan fingerprint density at radius 1 is 1.00 bits per heavy atom. The number of aryl methyl sites for hydroxylation is 1. The van der Waals surface area contributed by atoms with Crippen LogP contribution in [0.15, 0.2) is 58.8 Å². The predicted octanol–water partition coefficient (Wildman–Crippen LogP) is 5.91. The number of carbonyl (C=O) groups excluding carboxylic acids is 1. The van der Waals surface area contributed by atoms with Crippen LogP contribution in [0.4, 0.5) is 11.4 Å². The van der Waals surface area contributed by atoms with Crippen LogP contribution < -0.4 is 0 Å². The number of azo groups is 1. The third-order valence-corrected chi connectivity index (χ3v) is 4.10. The van der Waals surface area contributed by atoms with Gasteiger partial charge in [0.05, 0.1) is 17.1 Å². The van der Waals surface area contributed by atoms with Crippen molar-refractivity contribution in [3.8, 4) is 0 Å². The highest BCUT2D eigenvalue weighted by molar-refractivity contribution is 6.31. The fourth-order valence-electron chi connectivity index (χ4n) is 2.34. The number of hydrogen-bond acceptors (Lipinski definition) is 4. The highest BCUT2D eigenvalue weighted by Gasteiger charge is 2.18. The number of aromatic nitrogens is 2. The number of hydrogen-bond donors (Lipinski definition) is 0. The van der Waals surface area contributed by atoms with Crippen LogP contribution in [0, 0.1) is 13.8 Å². The first-order chi connectivity index (χ1) is 12.0. The number of rotatable bonds is 3. The Kier molecular flexibility index (Phi) is 4.97. The van der Waals surface area contributed by atoms with Gasteiger partial charge in [-0.15, -0.1) is 5.11 Å². The summed E-state index contributed by atoms with van der Waals surface area (Å²) in [5.41, 5.74) is 2.91. The van der Waals surface area contributed by atoms with Gasteiger partial charge in [0.25, 0.3) is 5.91 Å². The maximum atomic E-state index is 12.7. The Morgan fingerprint density at radius 3 is 2.40 bits per heavy atom. The molecule has 3 rings (SSSR count). The molecule has 1 heterocycles. The van der Waals surface area contributed by atoms with Gasteiger partial charge in [-0.1, -0.05) is 29.3 Å². The average molecular weight is 373 g/mol. The van der Waals surface area contributed by atoms with E-state index in [1.165, 1.54) is 4.68 Å². The van der Waals surface area contributed by atoms with E-state index in [2.05, 4.69) is 15.3 Å². The SMILES string of the molecule is Cc1nn(C(=O)c2cccc(Cl)c2)c(C)c1N=Nc1ccc(Cl)cc1. The van der Waals surface area contributed by atoms with Gasteiger partial charge in [0.2, 0.25) is 0 Å². The molecule has 3 aromatic rings. The van der Waals surface area contributed by atoms with Crippen LogP contribution in [0.5, 0.6) is 0 Å². The molecule has 7 heteroatoms. The van der Waals surface area contributed by atoms with Gasteiger partial charge in [0, 0.05) is 15.6 Å². The minimum absolute atomic E-state index is 0.268. The first kappa shape index (κ1) is 17.3. The van der Waals surface area contributed by atoms with Gasteiger partial charge in [-0.3, -0.25) is 4.79 Å². The lowest BCUT2D eigenvalue weighted by Gasteiger charge is -2.03. The van der Waals surface area contributed by atoms with Crippen LogP contribution in [-0.2, 0) is 0 Å². The first-order valence-electron chi connectivity index (χ1n) is 7.49. The third-order valence-electron chi connectivity index (χ3n) is 3.61. The van der Waals surface area contributed by atoms with Crippen LogP contribution in [0.3, 0.4) is 0 Å². The number of halogens is 2. The summed E-state index contributed by atoms with van der Waals surface area (Å²) in [7, 11) is 0. The molecule has 1 aromatic heterocycles. The highest BCUT2D eigenvalue weighted by atomic mass is 35.5. The first-order valence-corrected chi connectivity index (χ1v) is 8.25. The molecule has 0 bridgehead atoms. The molecule has 126 valence electrons. The van der Waals surface area contributed by atoms with Crippen molar-refractivity contribution >= 4 is 40.5 Å². The van der Waals surface area contributed by atoms with Crippen LogP contribution >= 0.6 is 23.2 Å². The minimum atomic E-state index is -0.268. The van der Waals surface area contributed by atoms with Crippen LogP contribution in [0.25, 0.3) is 0 Å². The van der Waals surface area contributed by atoms with Crippen molar-refractivity contribution in [2.75, 3.05) is 0 Å². The molecule has 0 radical (unpaired) electrons. The molecule has 0 unspecified atom stereocenters. The zero-order chi connectivity index (χ0) is 18.0. The zero-order valence-electron chi connectivity index (χ0n) is 13.6. The zero-order valence-corrected chi connectivity index (χ0v) is 15.1. The molecule has 0 atom stereocenters. The Hall–Kier alpha value is -2.50. The largest absolute Gasteiger partial charge is 0.278 e. The molecule has 0 aliphatic carbocycles. The Labute approximate surface area is 154 Å². The summed E-state index contributed by atoms with van der Waals surface area (Å²) in [5, 5.41) is 13.8. The quantitative estimate of drug-likeness (QED) is 0.536. The van der Waals surface area contributed by atoms with E-state index in [9.17, 15) is 4.79 Å². The molecule has 0 fully saturated rings. The van der Waals surface area contributed by atoms with Gasteiger partial charge in [0.15, 0.2) is 0 Å². The number of benzene rings is 2. The molecular weight excluding hydrogens is 359 g/mol. The number of nitrogens with zero attached hydrogens (tertiary/aromatic N) is 4. The van der Waals surface area contributed by atoms with Crippen molar-refractivity contribution < 1.29 is 4.79 Å². The van der Waals surface area contributed by atoms with Crippen LogP contribution in [0.1, 0.15) is 21.7 Å². The molecule has 0 N–H and O–H groups in total. The van der Waals surface area contributed by atoms with E-state index in [-0.39, 0.29) is 5.91 Å². The normalized spacial score (nSPS) is 11.2. The Balaban J connectivity index is 1.93. The Bertz CT molecular complexity index is 962. The van der Waals surface area contributed by atoms with Crippen molar-refractivity contribution in [2.24, 2.45) is 10.2 Å². The highest BCUT2D eigenvalue weighted by Crippen LogP contribution is 2.27. The molecule has 2 aromatic carbocycles. The average Bonchev–Trinajstić information content (AvgIpc) is 2.88.